The van der Waals surface area contributed by atoms with Gasteiger partial charge in [-0.15, -0.1) is 11.3 Å². The van der Waals surface area contributed by atoms with Gasteiger partial charge in [0, 0.05) is 22.3 Å². The van der Waals surface area contributed by atoms with E-state index >= 15 is 0 Å². The first-order valence-electron chi connectivity index (χ1n) is 9.03. The zero-order chi connectivity index (χ0) is 21.0. The zero-order valence-corrected chi connectivity index (χ0v) is 17.7. The van der Waals surface area contributed by atoms with E-state index in [-0.39, 0.29) is 17.0 Å². The molecule has 4 aromatic rings. The smallest absolute Gasteiger partial charge is 0.269 e. The lowest BCUT2D eigenvalue weighted by Crippen LogP contribution is -2.29. The van der Waals surface area contributed by atoms with Gasteiger partial charge >= 0.3 is 0 Å². The molecule has 3 aromatic heterocycles. The van der Waals surface area contributed by atoms with Gasteiger partial charge < -0.3 is 0 Å². The Balaban J connectivity index is 1.47. The van der Waals surface area contributed by atoms with Gasteiger partial charge in [0.25, 0.3) is 15.9 Å². The number of benzene rings is 1. The van der Waals surface area contributed by atoms with Crippen LogP contribution in [0, 0.1) is 13.8 Å². The highest BCUT2D eigenvalue weighted by Gasteiger charge is 2.41. The van der Waals surface area contributed by atoms with E-state index in [1.54, 1.807) is 12.1 Å². The van der Waals surface area contributed by atoms with Crippen molar-refractivity contribution < 1.29 is 13.2 Å². The topological polar surface area (TPSA) is 114 Å². The Kier molecular flexibility index (Phi) is 4.12. The minimum absolute atomic E-state index is 0.0439. The molecular formula is C19H16N6O3S2. The summed E-state index contributed by atoms with van der Waals surface area (Å²) in [7, 11) is -3.86. The predicted molar refractivity (Wildman–Crippen MR) is 110 cm³/mol. The van der Waals surface area contributed by atoms with Crippen LogP contribution < -0.4 is 0 Å². The molecule has 0 aliphatic carbocycles. The molecule has 0 radical (unpaired) electrons. The van der Waals surface area contributed by atoms with Crippen LogP contribution in [0.2, 0.25) is 0 Å². The molecule has 11 heteroatoms. The Morgan fingerprint density at radius 2 is 1.97 bits per heavy atom. The Morgan fingerprint density at radius 1 is 1.17 bits per heavy atom. The van der Waals surface area contributed by atoms with E-state index in [2.05, 4.69) is 20.2 Å². The first-order chi connectivity index (χ1) is 14.4. The summed E-state index contributed by atoms with van der Waals surface area (Å²) in [5.74, 6) is 0.0871. The fourth-order valence-corrected chi connectivity index (χ4v) is 6.07. The van der Waals surface area contributed by atoms with Gasteiger partial charge in [-0.2, -0.15) is 10.1 Å². The third-order valence-corrected chi connectivity index (χ3v) is 7.68. The van der Waals surface area contributed by atoms with E-state index in [0.29, 0.717) is 11.0 Å². The zero-order valence-electron chi connectivity index (χ0n) is 16.0. The molecule has 0 saturated heterocycles. The third-order valence-electron chi connectivity index (χ3n) is 5.06. The maximum absolute atomic E-state index is 12.8. The van der Waals surface area contributed by atoms with E-state index in [0.717, 1.165) is 27.0 Å². The Labute approximate surface area is 176 Å². The van der Waals surface area contributed by atoms with Crippen LogP contribution in [0.25, 0.3) is 17.2 Å². The van der Waals surface area contributed by atoms with Crippen molar-refractivity contribution in [1.29, 1.82) is 0 Å². The number of hydrogen-bond acceptors (Lipinski definition) is 7. The first-order valence-corrected chi connectivity index (χ1v) is 11.4. The molecule has 0 bridgehead atoms. The average Bonchev–Trinajstić information content (AvgIpc) is 3.48. The maximum Gasteiger partial charge on any atom is 0.269 e. The number of carbonyl (C=O) groups is 1. The van der Waals surface area contributed by atoms with Crippen LogP contribution in [0.5, 0.6) is 0 Å². The lowest BCUT2D eigenvalue weighted by atomic mass is 10.2. The summed E-state index contributed by atoms with van der Waals surface area (Å²) in [6.07, 6.45) is 1.44. The van der Waals surface area contributed by atoms with Crippen LogP contribution in [0.1, 0.15) is 26.8 Å². The summed E-state index contributed by atoms with van der Waals surface area (Å²) < 4.78 is 28.4. The van der Waals surface area contributed by atoms with E-state index in [1.165, 1.54) is 29.8 Å². The highest BCUT2D eigenvalue weighted by Crippen LogP contribution is 2.33. The number of aromatic nitrogens is 5. The number of aryl methyl sites for hydroxylation is 1. The van der Waals surface area contributed by atoms with Crippen molar-refractivity contribution in [1.82, 2.24) is 29.0 Å². The van der Waals surface area contributed by atoms with Gasteiger partial charge in [-0.3, -0.25) is 9.36 Å². The quantitative estimate of drug-likeness (QED) is 0.522. The molecule has 5 rings (SSSR count). The van der Waals surface area contributed by atoms with Gasteiger partial charge in [-0.25, -0.2) is 22.8 Å². The number of amides is 1. The van der Waals surface area contributed by atoms with Gasteiger partial charge in [0.1, 0.15) is 16.2 Å². The molecule has 0 fully saturated rings. The SMILES string of the molecule is Cc1cc(-c2csc(CN3C(=O)c4ccccc4S3(=O)=O)n2)c(C)n1-c1ncn[nH]1. The van der Waals surface area contributed by atoms with E-state index in [4.69, 9.17) is 0 Å². The second kappa shape index (κ2) is 6.61. The van der Waals surface area contributed by atoms with Crippen molar-refractivity contribution in [2.75, 3.05) is 0 Å². The number of carbonyl (C=O) groups excluding carboxylic acids is 1. The second-order valence-electron chi connectivity index (χ2n) is 6.87. The van der Waals surface area contributed by atoms with Crippen LogP contribution in [-0.4, -0.2) is 43.4 Å². The second-order valence-corrected chi connectivity index (χ2v) is 9.64. The number of rotatable bonds is 4. The standard InChI is InChI=1S/C19H16N6O3S2/c1-11-7-14(12(2)25(11)19-20-10-21-23-19)15-9-29-17(22-15)8-24-18(26)13-5-3-4-6-16(13)30(24,27)28/h3-7,9-10H,8H2,1-2H3,(H,20,21,23). The number of sulfonamides is 1. The molecule has 9 nitrogen and oxygen atoms in total. The Morgan fingerprint density at radius 3 is 2.70 bits per heavy atom. The van der Waals surface area contributed by atoms with Crippen molar-refractivity contribution in [2.45, 2.75) is 25.3 Å². The Bertz CT molecular complexity index is 1390. The molecule has 0 atom stereocenters. The van der Waals surface area contributed by atoms with E-state index in [1.807, 2.05) is 29.9 Å². The number of hydrogen-bond donors (Lipinski definition) is 1. The molecule has 1 N–H and O–H groups in total. The highest BCUT2D eigenvalue weighted by molar-refractivity contribution is 7.90. The van der Waals surface area contributed by atoms with E-state index in [9.17, 15) is 13.2 Å². The molecular weight excluding hydrogens is 424 g/mol. The number of nitrogens with zero attached hydrogens (tertiary/aromatic N) is 5. The number of nitrogens with one attached hydrogen (secondary N) is 1. The molecule has 0 spiro atoms. The molecule has 0 unspecified atom stereocenters. The van der Waals surface area contributed by atoms with Gasteiger partial charge in [0.05, 0.1) is 17.8 Å². The van der Waals surface area contributed by atoms with Gasteiger partial charge in [-0.05, 0) is 32.0 Å². The summed E-state index contributed by atoms with van der Waals surface area (Å²) in [5.41, 5.74) is 3.71. The first kappa shape index (κ1) is 18.7. The molecule has 1 aromatic carbocycles. The lowest BCUT2D eigenvalue weighted by molar-refractivity contribution is 0.0865. The number of thiazole rings is 1. The molecule has 1 aliphatic rings. The number of aromatic amines is 1. The van der Waals surface area contributed by atoms with Crippen molar-refractivity contribution in [2.24, 2.45) is 0 Å². The summed E-state index contributed by atoms with van der Waals surface area (Å²) in [6, 6.07) is 8.24. The van der Waals surface area contributed by atoms with Crippen molar-refractivity contribution in [3.8, 4) is 17.2 Å². The van der Waals surface area contributed by atoms with E-state index < -0.39 is 15.9 Å². The summed E-state index contributed by atoms with van der Waals surface area (Å²) in [6.45, 7) is 3.81. The number of fused-ring (bicyclic) bond motifs is 1. The van der Waals surface area contributed by atoms with Crippen molar-refractivity contribution in [3.63, 3.8) is 0 Å². The van der Waals surface area contributed by atoms with Crippen LogP contribution >= 0.6 is 11.3 Å². The summed E-state index contributed by atoms with van der Waals surface area (Å²) in [4.78, 5) is 21.5. The molecule has 0 saturated carbocycles. The molecule has 1 amide bonds. The highest BCUT2D eigenvalue weighted by atomic mass is 32.2. The van der Waals surface area contributed by atoms with Crippen LogP contribution in [0.3, 0.4) is 0 Å². The summed E-state index contributed by atoms with van der Waals surface area (Å²) >= 11 is 1.32. The molecule has 1 aliphatic heterocycles. The fraction of sp³-hybridized carbons (Fsp3) is 0.158. The lowest BCUT2D eigenvalue weighted by Gasteiger charge is -2.12. The largest absolute Gasteiger partial charge is 0.287 e. The maximum atomic E-state index is 12.8. The number of H-pyrrole nitrogens is 1. The van der Waals surface area contributed by atoms with Gasteiger partial charge in [0.15, 0.2) is 0 Å². The normalized spacial score (nSPS) is 15.0. The van der Waals surface area contributed by atoms with Crippen molar-refractivity contribution in [3.05, 3.63) is 64.0 Å². The van der Waals surface area contributed by atoms with Crippen molar-refractivity contribution >= 4 is 27.3 Å². The van der Waals surface area contributed by atoms with Gasteiger partial charge in [-0.1, -0.05) is 12.1 Å². The average molecular weight is 441 g/mol. The fourth-order valence-electron chi connectivity index (χ4n) is 3.67. The van der Waals surface area contributed by atoms with Crippen LogP contribution in [0.15, 0.2) is 46.9 Å². The summed E-state index contributed by atoms with van der Waals surface area (Å²) in [5, 5.41) is 9.15. The molecule has 30 heavy (non-hydrogen) atoms. The van der Waals surface area contributed by atoms with Crippen LogP contribution in [-0.2, 0) is 16.6 Å². The minimum atomic E-state index is -3.86. The minimum Gasteiger partial charge on any atom is -0.287 e. The van der Waals surface area contributed by atoms with Crippen LogP contribution in [0.4, 0.5) is 0 Å². The van der Waals surface area contributed by atoms with Gasteiger partial charge in [0.2, 0.25) is 5.95 Å². The monoisotopic (exact) mass is 440 g/mol. The Hall–Kier alpha value is -3.31. The molecule has 152 valence electrons. The molecule has 4 heterocycles. The predicted octanol–water partition coefficient (Wildman–Crippen LogP) is 2.68. The third kappa shape index (κ3) is 2.70.